The molecule has 3 heteroatoms. The van der Waals surface area contributed by atoms with Crippen molar-refractivity contribution in [3.8, 4) is 6.07 Å². The Kier molecular flexibility index (Phi) is 1.83. The van der Waals surface area contributed by atoms with E-state index in [0.29, 0.717) is 0 Å². The maximum absolute atomic E-state index is 7.73. The molecule has 1 N–H and O–H groups in total. The van der Waals surface area contributed by atoms with Crippen molar-refractivity contribution < 1.29 is 5.21 Å². The Morgan fingerprint density at radius 2 is 2.50 bits per heavy atom. The monoisotopic (exact) mass is 83.0 g/mol. The maximum Gasteiger partial charge on any atom is 0.157 e. The molecule has 0 unspecified atom stereocenters. The lowest BCUT2D eigenvalue weighted by Crippen LogP contribution is -1.80. The van der Waals surface area contributed by atoms with Crippen molar-refractivity contribution >= 4 is 5.71 Å². The first-order valence-corrected chi connectivity index (χ1v) is 1.25. The molecule has 31 valence electrons. The zero-order chi connectivity index (χ0) is 4.99. The molecular weight excluding hydrogens is 80.0 g/mol. The molecule has 0 saturated carbocycles. The number of hydrogen-bond acceptors (Lipinski definition) is 3. The molecule has 0 aromatic heterocycles. The molecule has 0 aliphatic heterocycles. The molecule has 0 spiro atoms. The Morgan fingerprint density at radius 3 is 2.50 bits per heavy atom. The summed E-state index contributed by atoms with van der Waals surface area (Å²) in [6, 6.07) is 1.50. The molecule has 6 heavy (non-hydrogen) atoms. The lowest BCUT2D eigenvalue weighted by molar-refractivity contribution is 0.320. The van der Waals surface area contributed by atoms with E-state index in [1.165, 1.54) is 6.07 Å². The van der Waals surface area contributed by atoms with Crippen molar-refractivity contribution in [2.75, 3.05) is 0 Å². The van der Waals surface area contributed by atoms with E-state index < -0.39 is 0 Å². The Hall–Kier alpha value is -1.04. The fourth-order valence-corrected chi connectivity index (χ4v) is 0.0224. The normalized spacial score (nSPS) is 10.3. The summed E-state index contributed by atoms with van der Waals surface area (Å²) in [7, 11) is 0. The largest absolute Gasteiger partial charge is 0.410 e. The predicted octanol–water partition coefficient (Wildman–Crippen LogP) is 0.174. The number of nitrogens with zero attached hydrogens (tertiary/aromatic N) is 2. The SMILES string of the molecule is [CH2]/C(C#N)=N/O. The van der Waals surface area contributed by atoms with Gasteiger partial charge in [0.15, 0.2) is 5.71 Å². The summed E-state index contributed by atoms with van der Waals surface area (Å²) in [5.41, 5.74) is -0.171. The summed E-state index contributed by atoms with van der Waals surface area (Å²) in [4.78, 5) is 0. The van der Waals surface area contributed by atoms with Gasteiger partial charge in [0.1, 0.15) is 6.07 Å². The Labute approximate surface area is 35.5 Å². The molecule has 0 saturated heterocycles. The molecule has 0 fully saturated rings. The van der Waals surface area contributed by atoms with Crippen molar-refractivity contribution in [3.05, 3.63) is 6.92 Å². The van der Waals surface area contributed by atoms with Gasteiger partial charge < -0.3 is 5.21 Å². The minimum Gasteiger partial charge on any atom is -0.410 e. The average Bonchev–Trinajstić information content (AvgIpc) is 1.65. The van der Waals surface area contributed by atoms with Gasteiger partial charge in [-0.25, -0.2) is 0 Å². The first kappa shape index (κ1) is 4.96. The topological polar surface area (TPSA) is 56.4 Å². The Balaban J connectivity index is 3.61. The standard InChI is InChI=1S/C3H3N2O/c1-3(2-4)5-6/h6H,1H2/b5-3-. The second-order valence-electron chi connectivity index (χ2n) is 0.658. The first-order chi connectivity index (χ1) is 2.81. The molecule has 1 radical (unpaired) electrons. The molecule has 0 aromatic rings. The van der Waals surface area contributed by atoms with Gasteiger partial charge in [0.2, 0.25) is 0 Å². The summed E-state index contributed by atoms with van der Waals surface area (Å²) in [5.74, 6) is 0. The summed E-state index contributed by atoms with van der Waals surface area (Å²) >= 11 is 0. The Morgan fingerprint density at radius 1 is 2.00 bits per heavy atom. The highest BCUT2D eigenvalue weighted by Gasteiger charge is 1.77. The van der Waals surface area contributed by atoms with E-state index in [1.807, 2.05) is 0 Å². The fourth-order valence-electron chi connectivity index (χ4n) is 0.0224. The van der Waals surface area contributed by atoms with Crippen LogP contribution in [0.4, 0.5) is 0 Å². The highest BCUT2D eigenvalue weighted by molar-refractivity contribution is 6.01. The van der Waals surface area contributed by atoms with Gasteiger partial charge in [0.05, 0.1) is 0 Å². The van der Waals surface area contributed by atoms with Gasteiger partial charge in [-0.3, -0.25) is 0 Å². The van der Waals surface area contributed by atoms with Crippen LogP contribution in [0.1, 0.15) is 0 Å². The van der Waals surface area contributed by atoms with Gasteiger partial charge >= 0.3 is 0 Å². The van der Waals surface area contributed by atoms with Gasteiger partial charge in [0, 0.05) is 6.92 Å². The third-order valence-electron chi connectivity index (χ3n) is 0.250. The van der Waals surface area contributed by atoms with Crippen LogP contribution in [-0.4, -0.2) is 10.9 Å². The molecule has 0 aliphatic carbocycles. The molecule has 0 amide bonds. The molecule has 0 atom stereocenters. The average molecular weight is 83.1 g/mol. The van der Waals surface area contributed by atoms with Crippen LogP contribution in [-0.2, 0) is 0 Å². The number of hydrogen-bond donors (Lipinski definition) is 1. The molecule has 0 aromatic carbocycles. The second kappa shape index (κ2) is 2.21. The van der Waals surface area contributed by atoms with Crippen LogP contribution in [0.3, 0.4) is 0 Å². The predicted molar refractivity (Wildman–Crippen MR) is 20.2 cm³/mol. The van der Waals surface area contributed by atoms with E-state index in [1.54, 1.807) is 0 Å². The molecule has 0 aliphatic rings. The van der Waals surface area contributed by atoms with E-state index in [0.717, 1.165) is 0 Å². The van der Waals surface area contributed by atoms with Crippen LogP contribution in [0.5, 0.6) is 0 Å². The highest BCUT2D eigenvalue weighted by atomic mass is 16.4. The summed E-state index contributed by atoms with van der Waals surface area (Å²) in [6.07, 6.45) is 0. The van der Waals surface area contributed by atoms with Gasteiger partial charge in [-0.15, -0.1) is 0 Å². The van der Waals surface area contributed by atoms with Gasteiger partial charge in [0.25, 0.3) is 0 Å². The summed E-state index contributed by atoms with van der Waals surface area (Å²) < 4.78 is 0. The van der Waals surface area contributed by atoms with E-state index in [2.05, 4.69) is 12.1 Å². The summed E-state index contributed by atoms with van der Waals surface area (Å²) in [5, 5.41) is 17.8. The van der Waals surface area contributed by atoms with Crippen LogP contribution in [0, 0.1) is 18.3 Å². The van der Waals surface area contributed by atoms with Crippen molar-refractivity contribution in [1.29, 1.82) is 5.26 Å². The van der Waals surface area contributed by atoms with E-state index in [4.69, 9.17) is 10.5 Å². The van der Waals surface area contributed by atoms with Gasteiger partial charge in [-0.2, -0.15) is 5.26 Å². The van der Waals surface area contributed by atoms with Crippen LogP contribution in [0.15, 0.2) is 5.16 Å². The molecule has 0 bridgehead atoms. The maximum atomic E-state index is 7.73. The quantitative estimate of drug-likeness (QED) is 0.258. The second-order valence-corrected chi connectivity index (χ2v) is 0.658. The lowest BCUT2D eigenvalue weighted by atomic mass is 10.5. The number of oxime groups is 1. The summed E-state index contributed by atoms with van der Waals surface area (Å²) in [6.45, 7) is 3.01. The van der Waals surface area contributed by atoms with Crippen LogP contribution in [0.25, 0.3) is 0 Å². The fraction of sp³-hybridized carbons (Fsp3) is 0. The molecule has 0 heterocycles. The molecular formula is C3H3N2O. The van der Waals surface area contributed by atoms with Crippen molar-refractivity contribution in [2.24, 2.45) is 5.16 Å². The minimum atomic E-state index is -0.171. The zero-order valence-electron chi connectivity index (χ0n) is 3.05. The van der Waals surface area contributed by atoms with Crippen molar-refractivity contribution in [2.45, 2.75) is 0 Å². The lowest BCUT2D eigenvalue weighted by Gasteiger charge is -1.68. The third-order valence-corrected chi connectivity index (χ3v) is 0.250. The van der Waals surface area contributed by atoms with Gasteiger partial charge in [-0.1, -0.05) is 5.16 Å². The third kappa shape index (κ3) is 1.30. The van der Waals surface area contributed by atoms with Gasteiger partial charge in [-0.05, 0) is 0 Å². The number of rotatable bonds is 0. The molecule has 3 nitrogen and oxygen atoms in total. The molecule has 0 rings (SSSR count). The van der Waals surface area contributed by atoms with Crippen LogP contribution >= 0.6 is 0 Å². The zero-order valence-corrected chi connectivity index (χ0v) is 3.05. The van der Waals surface area contributed by atoms with Crippen molar-refractivity contribution in [3.63, 3.8) is 0 Å². The minimum absolute atomic E-state index is 0.171. The van der Waals surface area contributed by atoms with Crippen molar-refractivity contribution in [1.82, 2.24) is 0 Å². The Bertz CT molecular complexity index is 99.9. The number of nitriles is 1. The van der Waals surface area contributed by atoms with Crippen LogP contribution in [0.2, 0.25) is 0 Å². The van der Waals surface area contributed by atoms with E-state index >= 15 is 0 Å². The van der Waals surface area contributed by atoms with Crippen LogP contribution < -0.4 is 0 Å². The smallest absolute Gasteiger partial charge is 0.157 e. The first-order valence-electron chi connectivity index (χ1n) is 1.25. The van der Waals surface area contributed by atoms with E-state index in [-0.39, 0.29) is 5.71 Å². The highest BCUT2D eigenvalue weighted by Crippen LogP contribution is 1.63. The van der Waals surface area contributed by atoms with E-state index in [9.17, 15) is 0 Å².